The number of anilines is 2. The lowest BCUT2D eigenvalue weighted by molar-refractivity contribution is 0.135. The van der Waals surface area contributed by atoms with Gasteiger partial charge in [0, 0.05) is 5.69 Å². The Morgan fingerprint density at radius 1 is 1.45 bits per heavy atom. The molecule has 110 valence electrons. The second-order valence-electron chi connectivity index (χ2n) is 4.66. The van der Waals surface area contributed by atoms with E-state index in [-0.39, 0.29) is 6.10 Å². The van der Waals surface area contributed by atoms with Gasteiger partial charge in [-0.1, -0.05) is 11.6 Å². The number of hydrogen-bond acceptors (Lipinski definition) is 4. The van der Waals surface area contributed by atoms with E-state index < -0.39 is 10.0 Å². The van der Waals surface area contributed by atoms with E-state index in [1.54, 1.807) is 24.5 Å². The van der Waals surface area contributed by atoms with Gasteiger partial charge < -0.3 is 10.1 Å². The maximum Gasteiger partial charge on any atom is 0.229 e. The van der Waals surface area contributed by atoms with Gasteiger partial charge in [-0.05, 0) is 37.1 Å². The molecular formula is C13H17ClN2O3S. The standard InChI is InChI=1S/C13H17ClN2O3S/c1-20(17,18)16-13-6-5-10(8-12(13)14)15-9-11-4-2-3-7-19-11/h3,5-8,11,15-16H,2,4,9H2,1H3. The Labute approximate surface area is 124 Å². The molecule has 1 aromatic rings. The highest BCUT2D eigenvalue weighted by Gasteiger charge is 2.11. The van der Waals surface area contributed by atoms with Crippen molar-refractivity contribution < 1.29 is 13.2 Å². The van der Waals surface area contributed by atoms with Crippen molar-refractivity contribution in [1.82, 2.24) is 0 Å². The van der Waals surface area contributed by atoms with Gasteiger partial charge >= 0.3 is 0 Å². The molecule has 1 aliphatic rings. The lowest BCUT2D eigenvalue weighted by atomic mass is 10.1. The van der Waals surface area contributed by atoms with Gasteiger partial charge in [0.1, 0.15) is 6.10 Å². The van der Waals surface area contributed by atoms with Crippen LogP contribution in [0.4, 0.5) is 11.4 Å². The Kier molecular flexibility index (Phi) is 4.77. The predicted octanol–water partition coefficient (Wildman–Crippen LogP) is 2.82. The highest BCUT2D eigenvalue weighted by Crippen LogP contribution is 2.26. The van der Waals surface area contributed by atoms with Crippen LogP contribution < -0.4 is 10.0 Å². The summed E-state index contributed by atoms with van der Waals surface area (Å²) in [6, 6.07) is 5.10. The summed E-state index contributed by atoms with van der Waals surface area (Å²) >= 11 is 6.05. The van der Waals surface area contributed by atoms with Crippen molar-refractivity contribution in [2.75, 3.05) is 22.8 Å². The first-order chi connectivity index (χ1) is 9.44. The normalized spacial score (nSPS) is 18.4. The highest BCUT2D eigenvalue weighted by atomic mass is 35.5. The fourth-order valence-corrected chi connectivity index (χ4v) is 2.74. The topological polar surface area (TPSA) is 67.4 Å². The first kappa shape index (κ1) is 15.0. The zero-order valence-corrected chi connectivity index (χ0v) is 12.7. The van der Waals surface area contributed by atoms with Crippen LogP contribution in [0.5, 0.6) is 0 Å². The number of rotatable bonds is 5. The molecule has 0 aliphatic carbocycles. The Morgan fingerprint density at radius 2 is 2.25 bits per heavy atom. The number of nitrogens with one attached hydrogen (secondary N) is 2. The van der Waals surface area contributed by atoms with Crippen LogP contribution in [0.15, 0.2) is 30.5 Å². The molecule has 5 nitrogen and oxygen atoms in total. The number of halogens is 1. The second kappa shape index (κ2) is 6.37. The van der Waals surface area contributed by atoms with Crippen molar-refractivity contribution >= 4 is 33.0 Å². The molecule has 0 radical (unpaired) electrons. The number of ether oxygens (including phenoxy) is 1. The number of sulfonamides is 1. The van der Waals surface area contributed by atoms with Crippen molar-refractivity contribution in [2.45, 2.75) is 18.9 Å². The Bertz CT molecular complexity index is 602. The summed E-state index contributed by atoms with van der Waals surface area (Å²) in [4.78, 5) is 0. The molecule has 1 aromatic carbocycles. The SMILES string of the molecule is CS(=O)(=O)Nc1ccc(NCC2CCC=CO2)cc1Cl. The van der Waals surface area contributed by atoms with Crippen LogP contribution >= 0.6 is 11.6 Å². The molecule has 7 heteroatoms. The molecule has 20 heavy (non-hydrogen) atoms. The van der Waals surface area contributed by atoms with E-state index in [0.29, 0.717) is 17.3 Å². The average molecular weight is 317 g/mol. The molecule has 2 N–H and O–H groups in total. The minimum atomic E-state index is -3.32. The van der Waals surface area contributed by atoms with Gasteiger partial charge in [-0.3, -0.25) is 4.72 Å². The molecule has 1 aliphatic heterocycles. The van der Waals surface area contributed by atoms with Crippen LogP contribution in [0.1, 0.15) is 12.8 Å². The number of hydrogen-bond donors (Lipinski definition) is 2. The third-order valence-corrected chi connectivity index (χ3v) is 3.72. The van der Waals surface area contributed by atoms with Crippen molar-refractivity contribution in [3.05, 3.63) is 35.6 Å². The molecule has 0 saturated heterocycles. The average Bonchev–Trinajstić information content (AvgIpc) is 2.39. The summed E-state index contributed by atoms with van der Waals surface area (Å²) in [5, 5.41) is 3.58. The maximum atomic E-state index is 11.2. The van der Waals surface area contributed by atoms with E-state index in [1.165, 1.54) is 0 Å². The molecule has 1 atom stereocenters. The monoisotopic (exact) mass is 316 g/mol. The van der Waals surface area contributed by atoms with Gasteiger partial charge in [0.25, 0.3) is 0 Å². The highest BCUT2D eigenvalue weighted by molar-refractivity contribution is 7.92. The Balaban J connectivity index is 1.96. The lowest BCUT2D eigenvalue weighted by Crippen LogP contribution is -2.22. The molecule has 1 unspecified atom stereocenters. The Hall–Kier alpha value is -1.40. The smallest absolute Gasteiger partial charge is 0.229 e. The summed E-state index contributed by atoms with van der Waals surface area (Å²) in [5.41, 5.74) is 1.20. The van der Waals surface area contributed by atoms with Crippen LogP contribution in [0, 0.1) is 0 Å². The van der Waals surface area contributed by atoms with Crippen molar-refractivity contribution in [3.8, 4) is 0 Å². The van der Waals surface area contributed by atoms with Gasteiger partial charge in [0.15, 0.2) is 0 Å². The summed E-state index contributed by atoms with van der Waals surface area (Å²) in [6.45, 7) is 0.680. The summed E-state index contributed by atoms with van der Waals surface area (Å²) in [6.07, 6.45) is 6.95. The van der Waals surface area contributed by atoms with Crippen molar-refractivity contribution in [2.24, 2.45) is 0 Å². The van der Waals surface area contributed by atoms with E-state index in [1.807, 2.05) is 6.08 Å². The van der Waals surface area contributed by atoms with Gasteiger partial charge in [0.05, 0.1) is 29.8 Å². The molecule has 0 spiro atoms. The Morgan fingerprint density at radius 3 is 2.85 bits per heavy atom. The minimum absolute atomic E-state index is 0.146. The molecule has 0 saturated carbocycles. The summed E-state index contributed by atoms with van der Waals surface area (Å²) in [7, 11) is -3.32. The van der Waals surface area contributed by atoms with Crippen molar-refractivity contribution in [1.29, 1.82) is 0 Å². The van der Waals surface area contributed by atoms with Gasteiger partial charge in [-0.2, -0.15) is 0 Å². The van der Waals surface area contributed by atoms with Crippen LogP contribution in [0.3, 0.4) is 0 Å². The molecule has 1 heterocycles. The first-order valence-corrected chi connectivity index (χ1v) is 8.53. The van der Waals surface area contributed by atoms with Gasteiger partial charge in [0.2, 0.25) is 10.0 Å². The zero-order valence-electron chi connectivity index (χ0n) is 11.1. The van der Waals surface area contributed by atoms with Crippen molar-refractivity contribution in [3.63, 3.8) is 0 Å². The minimum Gasteiger partial charge on any atom is -0.497 e. The van der Waals surface area contributed by atoms with Gasteiger partial charge in [-0.15, -0.1) is 0 Å². The van der Waals surface area contributed by atoms with E-state index in [9.17, 15) is 8.42 Å². The predicted molar refractivity (Wildman–Crippen MR) is 81.7 cm³/mol. The van der Waals surface area contributed by atoms with E-state index in [4.69, 9.17) is 16.3 Å². The van der Waals surface area contributed by atoms with Gasteiger partial charge in [-0.25, -0.2) is 8.42 Å². The number of benzene rings is 1. The molecule has 0 aromatic heterocycles. The fourth-order valence-electron chi connectivity index (χ4n) is 1.87. The lowest BCUT2D eigenvalue weighted by Gasteiger charge is -2.20. The summed E-state index contributed by atoms with van der Waals surface area (Å²) < 4.78 is 30.1. The third-order valence-electron chi connectivity index (χ3n) is 2.82. The molecule has 0 amide bonds. The molecule has 0 bridgehead atoms. The van der Waals surface area contributed by atoms with Crippen LogP contribution in [0.2, 0.25) is 5.02 Å². The quantitative estimate of drug-likeness (QED) is 0.876. The summed E-state index contributed by atoms with van der Waals surface area (Å²) in [5.74, 6) is 0. The van der Waals surface area contributed by atoms with E-state index >= 15 is 0 Å². The fraction of sp³-hybridized carbons (Fsp3) is 0.385. The second-order valence-corrected chi connectivity index (χ2v) is 6.81. The zero-order chi connectivity index (χ0) is 14.6. The van der Waals surface area contributed by atoms with Crippen LogP contribution in [0.25, 0.3) is 0 Å². The third kappa shape index (κ3) is 4.61. The van der Waals surface area contributed by atoms with Crippen LogP contribution in [-0.4, -0.2) is 27.3 Å². The molecule has 0 fully saturated rings. The number of allylic oxidation sites excluding steroid dienone is 1. The first-order valence-electron chi connectivity index (χ1n) is 6.26. The maximum absolute atomic E-state index is 11.2. The molecule has 2 rings (SSSR count). The van der Waals surface area contributed by atoms with E-state index in [0.717, 1.165) is 24.8 Å². The molecular weight excluding hydrogens is 300 g/mol. The van der Waals surface area contributed by atoms with Crippen LogP contribution in [-0.2, 0) is 14.8 Å². The largest absolute Gasteiger partial charge is 0.497 e. The van der Waals surface area contributed by atoms with E-state index in [2.05, 4.69) is 10.0 Å².